The van der Waals surface area contributed by atoms with Crippen LogP contribution in [0.4, 0.5) is 17.8 Å². The molecule has 0 aromatic carbocycles. The molecule has 0 atom stereocenters. The molecule has 108 valence electrons. The molecule has 0 aliphatic heterocycles. The molecule has 0 radical (unpaired) electrons. The maximum absolute atomic E-state index is 5.40. The van der Waals surface area contributed by atoms with Crippen LogP contribution in [-0.4, -0.2) is 34.6 Å². The first kappa shape index (κ1) is 15.4. The molecule has 0 aliphatic carbocycles. The number of hydrazine groups is 1. The van der Waals surface area contributed by atoms with Crippen molar-refractivity contribution >= 4 is 17.8 Å². The molecule has 1 rings (SSSR count). The lowest BCUT2D eigenvalue weighted by atomic mass is 10.1. The molecule has 0 spiro atoms. The Kier molecular flexibility index (Phi) is 6.27. The first-order chi connectivity index (χ1) is 9.10. The molecule has 0 amide bonds. The highest BCUT2D eigenvalue weighted by molar-refractivity contribution is 5.43. The highest BCUT2D eigenvalue weighted by Gasteiger charge is 2.10. The summed E-state index contributed by atoms with van der Waals surface area (Å²) in [6.45, 7) is 11.0. The van der Waals surface area contributed by atoms with Crippen molar-refractivity contribution in [2.45, 2.75) is 34.1 Å². The molecule has 7 heteroatoms. The zero-order valence-corrected chi connectivity index (χ0v) is 12.3. The number of nitrogens with two attached hydrogens (primary N) is 1. The molecule has 19 heavy (non-hydrogen) atoms. The van der Waals surface area contributed by atoms with E-state index in [2.05, 4.69) is 58.3 Å². The van der Waals surface area contributed by atoms with Gasteiger partial charge in [0.1, 0.15) is 0 Å². The predicted molar refractivity (Wildman–Crippen MR) is 79.1 cm³/mol. The van der Waals surface area contributed by atoms with Crippen LogP contribution in [0.15, 0.2) is 0 Å². The topological polar surface area (TPSA) is 92.0 Å². The Balaban J connectivity index is 2.82. The fourth-order valence-corrected chi connectivity index (χ4v) is 1.63. The molecular weight excluding hydrogens is 242 g/mol. The molecule has 0 unspecified atom stereocenters. The first-order valence-electron chi connectivity index (χ1n) is 6.82. The Bertz CT molecular complexity index is 376. The number of aromatic nitrogens is 3. The van der Waals surface area contributed by atoms with Gasteiger partial charge in [-0.1, -0.05) is 13.8 Å². The zero-order chi connectivity index (χ0) is 14.3. The molecule has 0 saturated carbocycles. The minimum absolute atomic E-state index is 0.379. The smallest absolute Gasteiger partial charge is 0.243 e. The summed E-state index contributed by atoms with van der Waals surface area (Å²) < 4.78 is 0. The van der Waals surface area contributed by atoms with E-state index in [1.54, 1.807) is 0 Å². The maximum Gasteiger partial charge on any atom is 0.243 e. The predicted octanol–water partition coefficient (Wildman–Crippen LogP) is 1.46. The van der Waals surface area contributed by atoms with Crippen LogP contribution < -0.4 is 21.5 Å². The Hall–Kier alpha value is -1.63. The van der Waals surface area contributed by atoms with Crippen molar-refractivity contribution in [3.8, 4) is 0 Å². The van der Waals surface area contributed by atoms with Crippen molar-refractivity contribution in [1.29, 1.82) is 0 Å². The summed E-state index contributed by atoms with van der Waals surface area (Å²) in [6, 6.07) is 0. The van der Waals surface area contributed by atoms with E-state index < -0.39 is 0 Å². The van der Waals surface area contributed by atoms with Gasteiger partial charge in [0.05, 0.1) is 0 Å². The van der Waals surface area contributed by atoms with Crippen molar-refractivity contribution in [3.05, 3.63) is 0 Å². The maximum atomic E-state index is 5.40. The third-order valence-electron chi connectivity index (χ3n) is 2.80. The number of nitrogens with zero attached hydrogens (tertiary/aromatic N) is 4. The van der Waals surface area contributed by atoms with E-state index in [4.69, 9.17) is 5.84 Å². The molecule has 7 nitrogen and oxygen atoms in total. The second-order valence-electron chi connectivity index (χ2n) is 4.71. The van der Waals surface area contributed by atoms with Crippen molar-refractivity contribution in [2.24, 2.45) is 11.8 Å². The van der Waals surface area contributed by atoms with Crippen LogP contribution in [0, 0.1) is 5.92 Å². The summed E-state index contributed by atoms with van der Waals surface area (Å²) in [5, 5.41) is 3.21. The summed E-state index contributed by atoms with van der Waals surface area (Å²) in [6.07, 6.45) is 1.07. The summed E-state index contributed by atoms with van der Waals surface area (Å²) in [4.78, 5) is 14.9. The Morgan fingerprint density at radius 2 is 1.74 bits per heavy atom. The average molecular weight is 267 g/mol. The summed E-state index contributed by atoms with van der Waals surface area (Å²) in [5.74, 6) is 7.62. The minimum Gasteiger partial charge on any atom is -0.354 e. The van der Waals surface area contributed by atoms with Crippen LogP contribution in [0.5, 0.6) is 0 Å². The molecule has 0 fully saturated rings. The van der Waals surface area contributed by atoms with E-state index in [1.807, 2.05) is 0 Å². The van der Waals surface area contributed by atoms with Crippen LogP contribution in [0.25, 0.3) is 0 Å². The molecule has 0 saturated heterocycles. The van der Waals surface area contributed by atoms with Gasteiger partial charge in [0.25, 0.3) is 0 Å². The van der Waals surface area contributed by atoms with E-state index >= 15 is 0 Å². The van der Waals surface area contributed by atoms with Crippen LogP contribution >= 0.6 is 0 Å². The van der Waals surface area contributed by atoms with Crippen molar-refractivity contribution in [3.63, 3.8) is 0 Å². The Morgan fingerprint density at radius 3 is 2.26 bits per heavy atom. The number of anilines is 3. The highest BCUT2D eigenvalue weighted by atomic mass is 15.4. The van der Waals surface area contributed by atoms with Crippen molar-refractivity contribution < 1.29 is 0 Å². The zero-order valence-electron chi connectivity index (χ0n) is 12.3. The number of nitrogen functional groups attached to an aromatic ring is 1. The van der Waals surface area contributed by atoms with E-state index in [1.165, 1.54) is 0 Å². The second-order valence-corrected chi connectivity index (χ2v) is 4.71. The molecule has 4 N–H and O–H groups in total. The average Bonchev–Trinajstić information content (AvgIpc) is 2.39. The fourth-order valence-electron chi connectivity index (χ4n) is 1.63. The SMILES string of the molecule is CCN(CC)c1nc(NN)nc(NCCC(C)C)n1. The Morgan fingerprint density at radius 1 is 1.11 bits per heavy atom. The van der Waals surface area contributed by atoms with Gasteiger partial charge in [0.2, 0.25) is 17.8 Å². The third kappa shape index (κ3) is 4.86. The standard InChI is InChI=1S/C12H25N7/c1-5-19(6-2)12-16-10(14-8-7-9(3)4)15-11(17-12)18-13/h9H,5-8,13H2,1-4H3,(H2,14,15,16,17,18). The van der Waals surface area contributed by atoms with Gasteiger partial charge in [-0.2, -0.15) is 15.0 Å². The Labute approximate surface area is 115 Å². The lowest BCUT2D eigenvalue weighted by Gasteiger charge is -2.19. The van der Waals surface area contributed by atoms with Crippen LogP contribution in [0.1, 0.15) is 34.1 Å². The molecule has 1 aromatic rings. The lowest BCUT2D eigenvalue weighted by Crippen LogP contribution is -2.26. The van der Waals surface area contributed by atoms with Gasteiger partial charge >= 0.3 is 0 Å². The van der Waals surface area contributed by atoms with Crippen LogP contribution in [-0.2, 0) is 0 Å². The van der Waals surface area contributed by atoms with Gasteiger partial charge in [-0.15, -0.1) is 0 Å². The van der Waals surface area contributed by atoms with E-state index in [-0.39, 0.29) is 0 Å². The van der Waals surface area contributed by atoms with Crippen LogP contribution in [0.3, 0.4) is 0 Å². The minimum atomic E-state index is 0.379. The normalized spacial score (nSPS) is 10.6. The number of nitrogens with one attached hydrogen (secondary N) is 2. The van der Waals surface area contributed by atoms with Crippen molar-refractivity contribution in [2.75, 3.05) is 35.3 Å². The van der Waals surface area contributed by atoms with Gasteiger partial charge in [-0.25, -0.2) is 5.84 Å². The number of hydrogen-bond donors (Lipinski definition) is 3. The monoisotopic (exact) mass is 267 g/mol. The van der Waals surface area contributed by atoms with E-state index in [9.17, 15) is 0 Å². The van der Waals surface area contributed by atoms with E-state index in [0.717, 1.165) is 26.1 Å². The molecule has 1 heterocycles. The lowest BCUT2D eigenvalue weighted by molar-refractivity contribution is 0.605. The fraction of sp³-hybridized carbons (Fsp3) is 0.750. The highest BCUT2D eigenvalue weighted by Crippen LogP contribution is 2.13. The van der Waals surface area contributed by atoms with Gasteiger partial charge in [0, 0.05) is 19.6 Å². The van der Waals surface area contributed by atoms with Crippen LogP contribution in [0.2, 0.25) is 0 Å². The third-order valence-corrected chi connectivity index (χ3v) is 2.80. The van der Waals surface area contributed by atoms with Crippen molar-refractivity contribution in [1.82, 2.24) is 15.0 Å². The molecule has 0 bridgehead atoms. The summed E-state index contributed by atoms with van der Waals surface area (Å²) in [7, 11) is 0. The summed E-state index contributed by atoms with van der Waals surface area (Å²) >= 11 is 0. The number of hydrogen-bond acceptors (Lipinski definition) is 7. The quantitative estimate of drug-likeness (QED) is 0.485. The largest absolute Gasteiger partial charge is 0.354 e. The first-order valence-corrected chi connectivity index (χ1v) is 6.82. The summed E-state index contributed by atoms with van der Waals surface area (Å²) in [5.41, 5.74) is 2.48. The van der Waals surface area contributed by atoms with Gasteiger partial charge in [-0.05, 0) is 26.2 Å². The molecular formula is C12H25N7. The van der Waals surface area contributed by atoms with Gasteiger partial charge < -0.3 is 10.2 Å². The molecule has 1 aromatic heterocycles. The van der Waals surface area contributed by atoms with Gasteiger partial charge in [0.15, 0.2) is 0 Å². The molecule has 0 aliphatic rings. The van der Waals surface area contributed by atoms with Gasteiger partial charge in [-0.3, -0.25) is 5.43 Å². The second kappa shape index (κ2) is 7.73. The number of rotatable bonds is 8. The van der Waals surface area contributed by atoms with E-state index in [0.29, 0.717) is 23.8 Å².